The predicted octanol–water partition coefficient (Wildman–Crippen LogP) is 2.57. The zero-order chi connectivity index (χ0) is 16.8. The van der Waals surface area contributed by atoms with Crippen LogP contribution in [0.4, 0.5) is 8.78 Å². The highest BCUT2D eigenvalue weighted by atomic mass is 79.9. The number of rotatable bonds is 4. The van der Waals surface area contributed by atoms with Gasteiger partial charge in [0, 0.05) is 0 Å². The summed E-state index contributed by atoms with van der Waals surface area (Å²) in [6.07, 6.45) is 0. The first-order valence-corrected chi connectivity index (χ1v) is 7.18. The first-order valence-electron chi connectivity index (χ1n) is 6.39. The third-order valence-corrected chi connectivity index (χ3v) is 3.31. The summed E-state index contributed by atoms with van der Waals surface area (Å²) < 4.78 is 31.8. The van der Waals surface area contributed by atoms with Crippen LogP contribution >= 0.6 is 15.9 Å². The molecule has 0 fully saturated rings. The summed E-state index contributed by atoms with van der Waals surface area (Å²) in [7, 11) is 0. The lowest BCUT2D eigenvalue weighted by Crippen LogP contribution is -2.44. The Balaban J connectivity index is 1.83. The molecule has 8 heteroatoms. The maximum Gasteiger partial charge on any atom is 0.276 e. The van der Waals surface area contributed by atoms with E-state index < -0.39 is 30.1 Å². The molecule has 0 saturated carbocycles. The third-order valence-electron chi connectivity index (χ3n) is 2.69. The van der Waals surface area contributed by atoms with Crippen LogP contribution in [0.25, 0.3) is 0 Å². The van der Waals surface area contributed by atoms with Crippen LogP contribution in [-0.4, -0.2) is 18.4 Å². The van der Waals surface area contributed by atoms with Crippen LogP contribution in [0.15, 0.2) is 46.9 Å². The second-order valence-electron chi connectivity index (χ2n) is 4.35. The fraction of sp³-hybridized carbons (Fsp3) is 0.0667. The molecule has 5 nitrogen and oxygen atoms in total. The molecule has 2 aromatic carbocycles. The Morgan fingerprint density at radius 3 is 2.52 bits per heavy atom. The summed E-state index contributed by atoms with van der Waals surface area (Å²) >= 11 is 3.09. The van der Waals surface area contributed by atoms with Crippen molar-refractivity contribution in [3.8, 4) is 5.75 Å². The van der Waals surface area contributed by atoms with Gasteiger partial charge in [0.05, 0.1) is 10.0 Å². The van der Waals surface area contributed by atoms with E-state index in [9.17, 15) is 18.4 Å². The van der Waals surface area contributed by atoms with Gasteiger partial charge in [0.25, 0.3) is 11.8 Å². The lowest BCUT2D eigenvalue weighted by Gasteiger charge is -2.10. The lowest BCUT2D eigenvalue weighted by atomic mass is 10.2. The van der Waals surface area contributed by atoms with Crippen LogP contribution in [0, 0.1) is 11.6 Å². The molecule has 0 aliphatic heterocycles. The van der Waals surface area contributed by atoms with Crippen molar-refractivity contribution in [2.24, 2.45) is 0 Å². The SMILES string of the molecule is O=C(COc1ccc(F)cc1Br)NNC(=O)c1ccccc1F. The third kappa shape index (κ3) is 4.75. The highest BCUT2D eigenvalue weighted by molar-refractivity contribution is 9.10. The maximum atomic E-state index is 13.4. The molecule has 23 heavy (non-hydrogen) atoms. The first-order chi connectivity index (χ1) is 11.0. The average molecular weight is 385 g/mol. The number of halogens is 3. The number of nitrogens with one attached hydrogen (secondary N) is 2. The molecule has 0 radical (unpaired) electrons. The van der Waals surface area contributed by atoms with Crippen molar-refractivity contribution in [2.45, 2.75) is 0 Å². The molecule has 0 atom stereocenters. The Labute approximate surface area is 138 Å². The number of ether oxygens (including phenoxy) is 1. The fourth-order valence-electron chi connectivity index (χ4n) is 1.61. The number of carbonyl (C=O) groups excluding carboxylic acids is 2. The second kappa shape index (κ2) is 7.68. The average Bonchev–Trinajstić information content (AvgIpc) is 2.52. The molecule has 2 N–H and O–H groups in total. The number of amides is 2. The summed E-state index contributed by atoms with van der Waals surface area (Å²) in [5.41, 5.74) is 3.96. The summed E-state index contributed by atoms with van der Waals surface area (Å²) in [4.78, 5) is 23.3. The van der Waals surface area contributed by atoms with Crippen LogP contribution in [-0.2, 0) is 4.79 Å². The monoisotopic (exact) mass is 384 g/mol. The zero-order valence-corrected chi connectivity index (χ0v) is 13.2. The molecule has 0 bridgehead atoms. The summed E-state index contributed by atoms with van der Waals surface area (Å²) in [6.45, 7) is -0.415. The van der Waals surface area contributed by atoms with Gasteiger partial charge in [-0.25, -0.2) is 8.78 Å². The van der Waals surface area contributed by atoms with Crippen molar-refractivity contribution < 1.29 is 23.1 Å². The Hall–Kier alpha value is -2.48. The molecule has 0 unspecified atom stereocenters. The quantitative estimate of drug-likeness (QED) is 0.796. The van der Waals surface area contributed by atoms with Crippen molar-refractivity contribution in [1.82, 2.24) is 10.9 Å². The van der Waals surface area contributed by atoms with Crippen molar-refractivity contribution >= 4 is 27.7 Å². The highest BCUT2D eigenvalue weighted by Crippen LogP contribution is 2.25. The van der Waals surface area contributed by atoms with Gasteiger partial charge in [-0.05, 0) is 46.3 Å². The Kier molecular flexibility index (Phi) is 5.64. The number of hydrazine groups is 1. The van der Waals surface area contributed by atoms with E-state index in [2.05, 4.69) is 26.8 Å². The van der Waals surface area contributed by atoms with Crippen molar-refractivity contribution in [3.05, 3.63) is 64.1 Å². The molecule has 2 aromatic rings. The van der Waals surface area contributed by atoms with Gasteiger partial charge in [0.1, 0.15) is 17.4 Å². The minimum absolute atomic E-state index is 0.199. The molecule has 2 rings (SSSR count). The molecule has 0 spiro atoms. The minimum atomic E-state index is -0.792. The topological polar surface area (TPSA) is 67.4 Å². The predicted molar refractivity (Wildman–Crippen MR) is 81.6 cm³/mol. The van der Waals surface area contributed by atoms with Crippen molar-refractivity contribution in [1.29, 1.82) is 0 Å². The Morgan fingerprint density at radius 1 is 1.09 bits per heavy atom. The number of carbonyl (C=O) groups is 2. The minimum Gasteiger partial charge on any atom is -0.483 e. The van der Waals surface area contributed by atoms with Crippen LogP contribution in [0.5, 0.6) is 5.75 Å². The van der Waals surface area contributed by atoms with E-state index in [1.165, 1.54) is 36.4 Å². The van der Waals surface area contributed by atoms with Gasteiger partial charge in [-0.3, -0.25) is 20.4 Å². The smallest absolute Gasteiger partial charge is 0.276 e. The largest absolute Gasteiger partial charge is 0.483 e. The standard InChI is InChI=1S/C15H11BrF2N2O3/c16-11-7-9(17)5-6-13(11)23-8-14(21)19-20-15(22)10-3-1-2-4-12(10)18/h1-7H,8H2,(H,19,21)(H,20,22). The van der Waals surface area contributed by atoms with Crippen LogP contribution in [0.1, 0.15) is 10.4 Å². The number of hydrogen-bond donors (Lipinski definition) is 2. The molecule has 0 saturated heterocycles. The van der Waals surface area contributed by atoms with Gasteiger partial charge in [-0.2, -0.15) is 0 Å². The van der Waals surface area contributed by atoms with Gasteiger partial charge in [-0.15, -0.1) is 0 Å². The molecule has 0 aliphatic rings. The van der Waals surface area contributed by atoms with E-state index in [0.717, 1.165) is 6.07 Å². The van der Waals surface area contributed by atoms with Crippen molar-refractivity contribution in [3.63, 3.8) is 0 Å². The number of hydrogen-bond acceptors (Lipinski definition) is 3. The first kappa shape index (κ1) is 16.9. The molecule has 0 aliphatic carbocycles. The van der Waals surface area contributed by atoms with Gasteiger partial charge in [0.15, 0.2) is 6.61 Å². The summed E-state index contributed by atoms with van der Waals surface area (Å²) in [6, 6.07) is 9.07. The molecular formula is C15H11BrF2N2O3. The summed E-state index contributed by atoms with van der Waals surface area (Å²) in [5.74, 6) is -2.34. The maximum absolute atomic E-state index is 13.4. The molecule has 0 aromatic heterocycles. The Morgan fingerprint density at radius 2 is 1.83 bits per heavy atom. The van der Waals surface area contributed by atoms with E-state index in [1.54, 1.807) is 0 Å². The van der Waals surface area contributed by atoms with Crippen LogP contribution in [0.3, 0.4) is 0 Å². The lowest BCUT2D eigenvalue weighted by molar-refractivity contribution is -0.123. The Bertz CT molecular complexity index is 740. The van der Waals surface area contributed by atoms with E-state index in [-0.39, 0.29) is 11.3 Å². The fourth-order valence-corrected chi connectivity index (χ4v) is 2.08. The normalized spacial score (nSPS) is 10.0. The molecule has 2 amide bonds. The number of benzene rings is 2. The van der Waals surface area contributed by atoms with Crippen molar-refractivity contribution in [2.75, 3.05) is 6.61 Å². The summed E-state index contributed by atoms with van der Waals surface area (Å²) in [5, 5.41) is 0. The second-order valence-corrected chi connectivity index (χ2v) is 5.20. The molecular weight excluding hydrogens is 374 g/mol. The van der Waals surface area contributed by atoms with Gasteiger partial charge in [0.2, 0.25) is 0 Å². The van der Waals surface area contributed by atoms with Crippen LogP contribution < -0.4 is 15.6 Å². The molecule has 0 heterocycles. The van der Waals surface area contributed by atoms with Gasteiger partial charge < -0.3 is 4.74 Å². The van der Waals surface area contributed by atoms with E-state index in [4.69, 9.17) is 4.74 Å². The molecule has 120 valence electrons. The van der Waals surface area contributed by atoms with Crippen LogP contribution in [0.2, 0.25) is 0 Å². The highest BCUT2D eigenvalue weighted by Gasteiger charge is 2.12. The van der Waals surface area contributed by atoms with E-state index >= 15 is 0 Å². The van der Waals surface area contributed by atoms with Gasteiger partial charge >= 0.3 is 0 Å². The zero-order valence-electron chi connectivity index (χ0n) is 11.6. The van der Waals surface area contributed by atoms with Gasteiger partial charge in [-0.1, -0.05) is 12.1 Å². The van der Waals surface area contributed by atoms with E-state index in [0.29, 0.717) is 4.47 Å². The van der Waals surface area contributed by atoms with E-state index in [1.807, 2.05) is 0 Å².